The van der Waals surface area contributed by atoms with E-state index >= 15 is 0 Å². The summed E-state index contributed by atoms with van der Waals surface area (Å²) in [5.41, 5.74) is 0. The van der Waals surface area contributed by atoms with Crippen LogP contribution in [-0.4, -0.2) is 15.7 Å². The van der Waals surface area contributed by atoms with Crippen LogP contribution in [0.5, 0.6) is 0 Å². The van der Waals surface area contributed by atoms with E-state index in [1.165, 1.54) is 0 Å². The van der Waals surface area contributed by atoms with Gasteiger partial charge in [0.2, 0.25) is 0 Å². The van der Waals surface area contributed by atoms with Crippen molar-refractivity contribution in [2.75, 3.05) is 0 Å². The summed E-state index contributed by atoms with van der Waals surface area (Å²) in [4.78, 5) is 4.98. The van der Waals surface area contributed by atoms with Gasteiger partial charge in [-0.2, -0.15) is 0 Å². The molecule has 3 heteroatoms. The van der Waals surface area contributed by atoms with E-state index in [0.717, 1.165) is 0 Å². The quantitative estimate of drug-likeness (QED) is 0.591. The summed E-state index contributed by atoms with van der Waals surface area (Å²) in [7, 11) is 0. The Hall–Kier alpha value is 1.23. The molecule has 0 aliphatic carbocycles. The standard InChI is InChI=1S/3CH3.BrH.FH.Sb/h3*1H3;2*1H;/q;;;;;+2/p-2. The van der Waals surface area contributed by atoms with Crippen molar-refractivity contribution in [3.8, 4) is 0 Å². The monoisotopic (exact) mass is 264 g/mol. The average molecular weight is 266 g/mol. The van der Waals surface area contributed by atoms with Crippen LogP contribution in [0.3, 0.4) is 0 Å². The van der Waals surface area contributed by atoms with Crippen LogP contribution in [0.15, 0.2) is 0 Å². The second kappa shape index (κ2) is 1.35. The van der Waals surface area contributed by atoms with Gasteiger partial charge < -0.3 is 0 Å². The maximum absolute atomic E-state index is 12.5. The van der Waals surface area contributed by atoms with Gasteiger partial charge in [-0.3, -0.25) is 0 Å². The molecule has 0 bridgehead atoms. The molecular weight excluding hydrogens is 257 g/mol. The number of hydrogen-bond acceptors (Lipinski definition) is 0. The average Bonchev–Trinajstić information content (AvgIpc) is 0.650. The predicted octanol–water partition coefficient (Wildman–Crippen LogP) is 2.64. The molecule has 6 heavy (non-hydrogen) atoms. The van der Waals surface area contributed by atoms with Crippen molar-refractivity contribution in [2.45, 2.75) is 14.6 Å². The van der Waals surface area contributed by atoms with Gasteiger partial charge >= 0.3 is 45.7 Å². The fraction of sp³-hybridized carbons (Fsp3) is 1.00. The van der Waals surface area contributed by atoms with E-state index in [4.69, 9.17) is 0 Å². The molecule has 0 saturated heterocycles. The first-order valence-electron chi connectivity index (χ1n) is 1.68. The number of halogens is 2. The Balaban J connectivity index is 3.73. The minimum atomic E-state index is -3.38. The van der Waals surface area contributed by atoms with Gasteiger partial charge in [0.05, 0.1) is 0 Å². The predicted molar refractivity (Wildman–Crippen MR) is 33.4 cm³/mol. The van der Waals surface area contributed by atoms with E-state index in [-0.39, 0.29) is 0 Å². The van der Waals surface area contributed by atoms with Crippen LogP contribution in [-0.2, 0) is 0 Å². The van der Waals surface area contributed by atoms with E-state index < -0.39 is 15.7 Å². The summed E-state index contributed by atoms with van der Waals surface area (Å²) >= 11 is -0.363. The molecule has 0 aliphatic rings. The van der Waals surface area contributed by atoms with Crippen molar-refractivity contribution in [3.05, 3.63) is 0 Å². The summed E-state index contributed by atoms with van der Waals surface area (Å²) in [6, 6.07) is 0. The second-order valence-electron chi connectivity index (χ2n) is 2.42. The molecule has 0 amide bonds. The molecule has 0 rings (SSSR count). The van der Waals surface area contributed by atoms with Crippen LogP contribution in [0.2, 0.25) is 14.6 Å². The van der Waals surface area contributed by atoms with E-state index in [0.29, 0.717) is 0 Å². The van der Waals surface area contributed by atoms with E-state index in [9.17, 15) is 2.81 Å². The first kappa shape index (κ1) is 7.23. The molecule has 0 unspecified atom stereocenters. The van der Waals surface area contributed by atoms with Crippen molar-refractivity contribution in [2.24, 2.45) is 0 Å². The zero-order valence-electron chi connectivity index (χ0n) is 4.20. The molecule has 0 spiro atoms. The van der Waals surface area contributed by atoms with Gasteiger partial charge in [-0.25, -0.2) is 0 Å². The zero-order chi connectivity index (χ0) is 5.45. The van der Waals surface area contributed by atoms with E-state index in [2.05, 4.69) is 12.6 Å². The van der Waals surface area contributed by atoms with Gasteiger partial charge in [0.1, 0.15) is 0 Å². The Kier molecular flexibility index (Phi) is 1.63. The molecule has 0 radical (unpaired) electrons. The molecule has 0 N–H and O–H groups in total. The first-order chi connectivity index (χ1) is 2.24. The molecule has 0 aromatic heterocycles. The third-order valence-corrected chi connectivity index (χ3v) is 0. The Bertz CT molecular complexity index is 44.0. The van der Waals surface area contributed by atoms with Gasteiger partial charge in [-0.15, -0.1) is 0 Å². The number of rotatable bonds is 0. The maximum atomic E-state index is 12.5. The Morgan fingerprint density at radius 2 is 1.33 bits per heavy atom. The van der Waals surface area contributed by atoms with Crippen LogP contribution < -0.4 is 0 Å². The number of hydrogen-bond donors (Lipinski definition) is 0. The summed E-state index contributed by atoms with van der Waals surface area (Å²) in [6.07, 6.45) is 0. The molecule has 0 aliphatic heterocycles. The topological polar surface area (TPSA) is 0 Å². The molecular formula is C3H9BrFSb. The summed E-state index contributed by atoms with van der Waals surface area (Å²) in [6.45, 7) is 0. The van der Waals surface area contributed by atoms with Gasteiger partial charge in [-0.1, -0.05) is 0 Å². The fourth-order valence-corrected chi connectivity index (χ4v) is 0. The van der Waals surface area contributed by atoms with E-state index in [1.54, 1.807) is 14.6 Å². The van der Waals surface area contributed by atoms with Gasteiger partial charge in [0, 0.05) is 0 Å². The van der Waals surface area contributed by atoms with Gasteiger partial charge in [0.25, 0.3) is 0 Å². The van der Waals surface area contributed by atoms with Gasteiger partial charge in [-0.05, 0) is 0 Å². The molecule has 0 aromatic carbocycles. The summed E-state index contributed by atoms with van der Waals surface area (Å²) in [5.74, 6) is 0. The minimum absolute atomic E-state index is 1.66. The van der Waals surface area contributed by atoms with Crippen LogP contribution in [0.4, 0.5) is 2.81 Å². The van der Waals surface area contributed by atoms with Crippen molar-refractivity contribution < 1.29 is 2.81 Å². The SMILES string of the molecule is [CH3][Sb]([CH3])([CH3])([F])[Br]. The van der Waals surface area contributed by atoms with Crippen molar-refractivity contribution >= 4 is 28.3 Å². The summed E-state index contributed by atoms with van der Waals surface area (Å²) < 4.78 is 12.5. The van der Waals surface area contributed by atoms with Crippen LogP contribution >= 0.6 is 12.6 Å². The normalized spacial score (nSPS) is 19.2. The molecule has 40 valence electrons. The van der Waals surface area contributed by atoms with Gasteiger partial charge in [0.15, 0.2) is 0 Å². The molecule has 0 atom stereocenters. The molecule has 0 nitrogen and oxygen atoms in total. The second-order valence-corrected chi connectivity index (χ2v) is 32.3. The summed E-state index contributed by atoms with van der Waals surface area (Å²) in [5, 5.41) is 0. The van der Waals surface area contributed by atoms with Crippen molar-refractivity contribution in [3.63, 3.8) is 0 Å². The van der Waals surface area contributed by atoms with Crippen molar-refractivity contribution in [1.29, 1.82) is 0 Å². The zero-order valence-corrected chi connectivity index (χ0v) is 8.34. The van der Waals surface area contributed by atoms with Crippen LogP contribution in [0, 0.1) is 0 Å². The first-order valence-corrected chi connectivity index (χ1v) is 16.0. The Morgan fingerprint density at radius 1 is 1.33 bits per heavy atom. The third kappa shape index (κ3) is 62.0. The molecule has 0 saturated carbocycles. The van der Waals surface area contributed by atoms with E-state index in [1.807, 2.05) is 0 Å². The third-order valence-electron chi connectivity index (χ3n) is 0. The van der Waals surface area contributed by atoms with Crippen LogP contribution in [0.25, 0.3) is 0 Å². The molecule has 0 heterocycles. The Labute approximate surface area is 45.6 Å². The van der Waals surface area contributed by atoms with Crippen LogP contribution in [0.1, 0.15) is 0 Å². The molecule has 0 fully saturated rings. The fourth-order valence-electron chi connectivity index (χ4n) is 0. The van der Waals surface area contributed by atoms with Crippen molar-refractivity contribution in [1.82, 2.24) is 0 Å². The molecule has 0 aromatic rings. The Morgan fingerprint density at radius 3 is 1.33 bits per heavy atom.